The lowest BCUT2D eigenvalue weighted by Crippen LogP contribution is -2.29. The van der Waals surface area contributed by atoms with E-state index in [9.17, 15) is 0 Å². The Morgan fingerprint density at radius 1 is 1.37 bits per heavy atom. The van der Waals surface area contributed by atoms with Gasteiger partial charge < -0.3 is 20.3 Å². The zero-order chi connectivity index (χ0) is 13.8. The summed E-state index contributed by atoms with van der Waals surface area (Å²) < 4.78 is 10.8. The van der Waals surface area contributed by atoms with Crippen molar-refractivity contribution in [2.45, 2.75) is 19.0 Å². The summed E-state index contributed by atoms with van der Waals surface area (Å²) in [6.07, 6.45) is 0.754. The van der Waals surface area contributed by atoms with Crippen LogP contribution in [0.1, 0.15) is 23.6 Å². The Labute approximate surface area is 113 Å². The topological polar surface area (TPSA) is 68.0 Å². The van der Waals surface area contributed by atoms with Gasteiger partial charge in [-0.15, -0.1) is 0 Å². The third kappa shape index (κ3) is 2.68. The van der Waals surface area contributed by atoms with Gasteiger partial charge >= 0.3 is 0 Å². The highest BCUT2D eigenvalue weighted by molar-refractivity contribution is 5.50. The molecule has 1 aromatic rings. The van der Waals surface area contributed by atoms with Gasteiger partial charge in [-0.25, -0.2) is 0 Å². The van der Waals surface area contributed by atoms with Gasteiger partial charge in [0, 0.05) is 37.9 Å². The molecule has 0 aliphatic carbocycles. The summed E-state index contributed by atoms with van der Waals surface area (Å²) >= 11 is 0. The minimum atomic E-state index is 0.155. The van der Waals surface area contributed by atoms with Crippen molar-refractivity contribution in [2.75, 3.05) is 33.9 Å². The van der Waals surface area contributed by atoms with Gasteiger partial charge in [-0.05, 0) is 18.1 Å². The van der Waals surface area contributed by atoms with Gasteiger partial charge in [-0.3, -0.25) is 4.90 Å². The highest BCUT2D eigenvalue weighted by Crippen LogP contribution is 2.41. The molecule has 0 saturated carbocycles. The second-order valence-corrected chi connectivity index (χ2v) is 4.70. The minimum Gasteiger partial charge on any atom is -0.497 e. The van der Waals surface area contributed by atoms with Crippen molar-refractivity contribution >= 4 is 0 Å². The summed E-state index contributed by atoms with van der Waals surface area (Å²) in [6.45, 7) is 2.40. The molecule has 0 spiro atoms. The van der Waals surface area contributed by atoms with Crippen LogP contribution in [0.25, 0.3) is 0 Å². The number of benzene rings is 1. The number of methoxy groups -OCH3 is 2. The Hall–Kier alpha value is -1.30. The van der Waals surface area contributed by atoms with Crippen LogP contribution in [0.4, 0.5) is 0 Å². The van der Waals surface area contributed by atoms with E-state index < -0.39 is 0 Å². The zero-order valence-electron chi connectivity index (χ0n) is 11.6. The van der Waals surface area contributed by atoms with Gasteiger partial charge in [0.05, 0.1) is 20.3 Å². The quantitative estimate of drug-likeness (QED) is 0.801. The monoisotopic (exact) mass is 266 g/mol. The molecule has 1 atom stereocenters. The predicted molar refractivity (Wildman–Crippen MR) is 73.5 cm³/mol. The first-order valence-electron chi connectivity index (χ1n) is 6.55. The maximum absolute atomic E-state index is 8.98. The molecule has 1 aliphatic heterocycles. The molecule has 0 bridgehead atoms. The zero-order valence-corrected chi connectivity index (χ0v) is 11.6. The first-order valence-corrected chi connectivity index (χ1v) is 6.55. The molecule has 3 N–H and O–H groups in total. The Morgan fingerprint density at radius 2 is 2.16 bits per heavy atom. The molecular weight excluding hydrogens is 244 g/mol. The van der Waals surface area contributed by atoms with Crippen molar-refractivity contribution in [1.82, 2.24) is 4.90 Å². The van der Waals surface area contributed by atoms with Crippen LogP contribution in [0, 0.1) is 0 Å². The Balaban J connectivity index is 2.33. The molecule has 5 nitrogen and oxygen atoms in total. The van der Waals surface area contributed by atoms with Crippen LogP contribution >= 0.6 is 0 Å². The van der Waals surface area contributed by atoms with E-state index in [4.69, 9.17) is 20.3 Å². The molecule has 19 heavy (non-hydrogen) atoms. The lowest BCUT2D eigenvalue weighted by atomic mass is 10.0. The number of nitrogens with two attached hydrogens (primary N) is 1. The molecule has 1 aromatic carbocycles. The summed E-state index contributed by atoms with van der Waals surface area (Å²) in [5, 5.41) is 8.98. The van der Waals surface area contributed by atoms with E-state index >= 15 is 0 Å². The predicted octanol–water partition coefficient (Wildman–Crippen LogP) is 0.902. The van der Waals surface area contributed by atoms with Crippen LogP contribution in [-0.4, -0.2) is 43.9 Å². The first-order chi connectivity index (χ1) is 9.24. The lowest BCUT2D eigenvalue weighted by molar-refractivity contribution is 0.188. The number of ether oxygens (including phenoxy) is 2. The molecule has 0 aromatic heterocycles. The average molecular weight is 266 g/mol. The molecule has 1 unspecified atom stereocenters. The number of aliphatic hydroxyl groups is 1. The molecule has 2 rings (SSSR count). The molecule has 0 amide bonds. The Bertz CT molecular complexity index is 437. The molecule has 0 fully saturated rings. The summed E-state index contributed by atoms with van der Waals surface area (Å²) in [7, 11) is 3.32. The highest BCUT2D eigenvalue weighted by Gasteiger charge is 2.32. The maximum Gasteiger partial charge on any atom is 0.127 e. The van der Waals surface area contributed by atoms with E-state index in [0.717, 1.165) is 36.6 Å². The second-order valence-electron chi connectivity index (χ2n) is 4.70. The van der Waals surface area contributed by atoms with E-state index in [0.29, 0.717) is 6.54 Å². The standard InChI is InChI=1S/C14H22N2O3/c1-18-11-6-10-9-16(4-3-5-17)12(8-15)14(10)13(7-11)19-2/h6-7,12,17H,3-5,8-9,15H2,1-2H3. The molecular formula is C14H22N2O3. The normalized spacial score (nSPS) is 18.4. The van der Waals surface area contributed by atoms with Crippen molar-refractivity contribution in [1.29, 1.82) is 0 Å². The fourth-order valence-electron chi connectivity index (χ4n) is 2.74. The molecule has 106 valence electrons. The summed E-state index contributed by atoms with van der Waals surface area (Å²) in [5.74, 6) is 1.63. The number of nitrogens with zero attached hydrogens (tertiary/aromatic N) is 1. The van der Waals surface area contributed by atoms with Gasteiger partial charge in [0.15, 0.2) is 0 Å². The molecule has 0 radical (unpaired) electrons. The maximum atomic E-state index is 8.98. The summed E-state index contributed by atoms with van der Waals surface area (Å²) in [4.78, 5) is 2.28. The lowest BCUT2D eigenvalue weighted by Gasteiger charge is -2.24. The number of fused-ring (bicyclic) bond motifs is 1. The smallest absolute Gasteiger partial charge is 0.127 e. The van der Waals surface area contributed by atoms with E-state index in [-0.39, 0.29) is 12.6 Å². The van der Waals surface area contributed by atoms with Gasteiger partial charge in [0.2, 0.25) is 0 Å². The van der Waals surface area contributed by atoms with E-state index in [1.807, 2.05) is 12.1 Å². The van der Waals surface area contributed by atoms with Gasteiger partial charge in [-0.1, -0.05) is 0 Å². The number of rotatable bonds is 6. The minimum absolute atomic E-state index is 0.155. The average Bonchev–Trinajstić information content (AvgIpc) is 2.81. The van der Waals surface area contributed by atoms with E-state index in [1.165, 1.54) is 5.56 Å². The SMILES string of the molecule is COc1cc2c(c(OC)c1)C(CN)N(CCCO)C2. The molecule has 0 saturated heterocycles. The molecule has 1 aliphatic rings. The van der Waals surface area contributed by atoms with Gasteiger partial charge in [0.25, 0.3) is 0 Å². The van der Waals surface area contributed by atoms with Crippen molar-refractivity contribution in [3.05, 3.63) is 23.3 Å². The van der Waals surface area contributed by atoms with Crippen LogP contribution in [0.5, 0.6) is 11.5 Å². The number of hydrogen-bond donors (Lipinski definition) is 2. The largest absolute Gasteiger partial charge is 0.497 e. The molecule has 1 heterocycles. The van der Waals surface area contributed by atoms with Crippen LogP contribution in [-0.2, 0) is 6.54 Å². The third-order valence-corrected chi connectivity index (χ3v) is 3.63. The summed E-state index contributed by atoms with van der Waals surface area (Å²) in [5.41, 5.74) is 8.27. The van der Waals surface area contributed by atoms with Gasteiger partial charge in [0.1, 0.15) is 11.5 Å². The van der Waals surface area contributed by atoms with Crippen LogP contribution in [0.3, 0.4) is 0 Å². The van der Waals surface area contributed by atoms with Crippen molar-refractivity contribution in [3.63, 3.8) is 0 Å². The van der Waals surface area contributed by atoms with Crippen molar-refractivity contribution < 1.29 is 14.6 Å². The number of aliphatic hydroxyl groups excluding tert-OH is 1. The van der Waals surface area contributed by atoms with E-state index in [1.54, 1.807) is 14.2 Å². The third-order valence-electron chi connectivity index (χ3n) is 3.63. The second kappa shape index (κ2) is 6.23. The number of hydrogen-bond acceptors (Lipinski definition) is 5. The van der Waals surface area contributed by atoms with Crippen LogP contribution < -0.4 is 15.2 Å². The van der Waals surface area contributed by atoms with E-state index in [2.05, 4.69) is 4.90 Å². The summed E-state index contributed by atoms with van der Waals surface area (Å²) in [6, 6.07) is 4.10. The van der Waals surface area contributed by atoms with Crippen molar-refractivity contribution in [3.8, 4) is 11.5 Å². The first kappa shape index (κ1) is 14.1. The van der Waals surface area contributed by atoms with Crippen molar-refractivity contribution in [2.24, 2.45) is 5.73 Å². The van der Waals surface area contributed by atoms with Gasteiger partial charge in [-0.2, -0.15) is 0 Å². The fourth-order valence-corrected chi connectivity index (χ4v) is 2.74. The molecule has 5 heteroatoms. The highest BCUT2D eigenvalue weighted by atomic mass is 16.5. The fraction of sp³-hybridized carbons (Fsp3) is 0.571. The van der Waals surface area contributed by atoms with Crippen LogP contribution in [0.2, 0.25) is 0 Å². The Kier molecular flexibility index (Phi) is 4.63. The van der Waals surface area contributed by atoms with Crippen LogP contribution in [0.15, 0.2) is 12.1 Å². The Morgan fingerprint density at radius 3 is 2.74 bits per heavy atom.